The predicted molar refractivity (Wildman–Crippen MR) is 55.2 cm³/mol. The molecule has 0 amide bonds. The highest BCUT2D eigenvalue weighted by Gasteiger charge is 2.23. The molecule has 0 radical (unpaired) electrons. The number of rotatable bonds is 5. The summed E-state index contributed by atoms with van der Waals surface area (Å²) in [5.74, 6) is -0.270. The van der Waals surface area contributed by atoms with Gasteiger partial charge in [0.05, 0.1) is 6.61 Å². The molecule has 1 N–H and O–H groups in total. The Morgan fingerprint density at radius 1 is 1.43 bits per heavy atom. The summed E-state index contributed by atoms with van der Waals surface area (Å²) >= 11 is 0. The van der Waals surface area contributed by atoms with E-state index in [0.717, 1.165) is 0 Å². The monoisotopic (exact) mass is 203 g/mol. The summed E-state index contributed by atoms with van der Waals surface area (Å²) in [5, 5.41) is 2.86. The van der Waals surface area contributed by atoms with Gasteiger partial charge in [-0.1, -0.05) is 0 Å². The molecule has 0 aliphatic carbocycles. The molecule has 0 aromatic carbocycles. The molecule has 0 aromatic rings. The van der Waals surface area contributed by atoms with Crippen LogP contribution in [0.2, 0.25) is 0 Å². The van der Waals surface area contributed by atoms with E-state index in [-0.39, 0.29) is 12.0 Å². The fraction of sp³-hybridized carbons (Fsp3) is 0.900. The molecule has 0 saturated carbocycles. The number of ether oxygens (including phenoxy) is 2. The molecule has 0 heterocycles. The molecule has 0 aliphatic rings. The molecule has 84 valence electrons. The average Bonchev–Trinajstić information content (AvgIpc) is 2.02. The second-order valence-electron chi connectivity index (χ2n) is 4.03. The van der Waals surface area contributed by atoms with E-state index < -0.39 is 5.60 Å². The Kier molecular flexibility index (Phi) is 5.72. The molecule has 0 saturated heterocycles. The molecule has 0 spiro atoms. The maximum atomic E-state index is 11.5. The van der Waals surface area contributed by atoms with E-state index >= 15 is 0 Å². The van der Waals surface area contributed by atoms with Crippen LogP contribution in [-0.2, 0) is 14.3 Å². The van der Waals surface area contributed by atoms with Gasteiger partial charge in [-0.05, 0) is 34.7 Å². The lowest BCUT2D eigenvalue weighted by atomic mass is 10.2. The molecule has 14 heavy (non-hydrogen) atoms. The van der Waals surface area contributed by atoms with Crippen molar-refractivity contribution in [1.29, 1.82) is 0 Å². The van der Waals surface area contributed by atoms with Crippen molar-refractivity contribution in [2.24, 2.45) is 0 Å². The van der Waals surface area contributed by atoms with Crippen LogP contribution in [0, 0.1) is 0 Å². The van der Waals surface area contributed by atoms with Crippen molar-refractivity contribution in [3.8, 4) is 0 Å². The van der Waals surface area contributed by atoms with Crippen LogP contribution in [-0.4, -0.2) is 37.9 Å². The summed E-state index contributed by atoms with van der Waals surface area (Å²) in [5.41, 5.74) is -0.446. The highest BCUT2D eigenvalue weighted by Crippen LogP contribution is 2.08. The first-order valence-electron chi connectivity index (χ1n) is 4.88. The number of esters is 1. The van der Waals surface area contributed by atoms with E-state index in [1.807, 2.05) is 27.7 Å². The Hall–Kier alpha value is -0.610. The second kappa shape index (κ2) is 5.98. The van der Waals surface area contributed by atoms with E-state index in [1.54, 1.807) is 7.05 Å². The number of likely N-dealkylation sites (N-methyl/N-ethyl adjacent to an activating group) is 1. The first kappa shape index (κ1) is 13.4. The van der Waals surface area contributed by atoms with Crippen molar-refractivity contribution in [3.05, 3.63) is 0 Å². The zero-order valence-electron chi connectivity index (χ0n) is 9.72. The first-order valence-corrected chi connectivity index (χ1v) is 4.88. The molecule has 0 aliphatic heterocycles. The summed E-state index contributed by atoms with van der Waals surface area (Å²) in [6.07, 6.45) is 0. The Morgan fingerprint density at radius 2 is 2.00 bits per heavy atom. The summed E-state index contributed by atoms with van der Waals surface area (Å²) < 4.78 is 10.4. The van der Waals surface area contributed by atoms with Crippen LogP contribution in [0.5, 0.6) is 0 Å². The predicted octanol–water partition coefficient (Wildman–Crippen LogP) is 0.953. The quantitative estimate of drug-likeness (QED) is 0.676. The van der Waals surface area contributed by atoms with Gasteiger partial charge in [-0.3, -0.25) is 4.79 Å². The van der Waals surface area contributed by atoms with E-state index in [4.69, 9.17) is 9.47 Å². The van der Waals surface area contributed by atoms with Gasteiger partial charge in [-0.2, -0.15) is 0 Å². The third-order valence-corrected chi connectivity index (χ3v) is 1.53. The lowest BCUT2D eigenvalue weighted by molar-refractivity contribution is -0.158. The third-order valence-electron chi connectivity index (χ3n) is 1.53. The van der Waals surface area contributed by atoms with E-state index in [2.05, 4.69) is 5.32 Å². The van der Waals surface area contributed by atoms with E-state index in [0.29, 0.717) is 13.2 Å². The van der Waals surface area contributed by atoms with Crippen LogP contribution in [0.1, 0.15) is 27.7 Å². The van der Waals surface area contributed by atoms with Crippen molar-refractivity contribution >= 4 is 5.97 Å². The topological polar surface area (TPSA) is 47.6 Å². The fourth-order valence-corrected chi connectivity index (χ4v) is 0.878. The fourth-order valence-electron chi connectivity index (χ4n) is 0.878. The molecule has 0 rings (SSSR count). The van der Waals surface area contributed by atoms with Crippen molar-refractivity contribution in [3.63, 3.8) is 0 Å². The van der Waals surface area contributed by atoms with Crippen molar-refractivity contribution in [2.75, 3.05) is 20.3 Å². The molecule has 1 unspecified atom stereocenters. The highest BCUT2D eigenvalue weighted by atomic mass is 16.6. The average molecular weight is 203 g/mol. The number of carbonyl (C=O) groups excluding carboxylic acids is 1. The second-order valence-corrected chi connectivity index (χ2v) is 4.03. The summed E-state index contributed by atoms with van der Waals surface area (Å²) in [6.45, 7) is 8.37. The Labute approximate surface area is 86.0 Å². The zero-order valence-corrected chi connectivity index (χ0v) is 9.72. The number of nitrogens with one attached hydrogen (secondary N) is 1. The molecule has 0 bridgehead atoms. The van der Waals surface area contributed by atoms with Crippen LogP contribution in [0.4, 0.5) is 0 Å². The van der Waals surface area contributed by atoms with Gasteiger partial charge in [0.1, 0.15) is 11.6 Å². The molecule has 4 heteroatoms. The molecular formula is C10H21NO3. The molecule has 0 aromatic heterocycles. The number of hydrogen-bond acceptors (Lipinski definition) is 4. The van der Waals surface area contributed by atoms with Gasteiger partial charge in [0.15, 0.2) is 0 Å². The lowest BCUT2D eigenvalue weighted by Crippen LogP contribution is -2.42. The van der Waals surface area contributed by atoms with Crippen LogP contribution in [0.3, 0.4) is 0 Å². The summed E-state index contributed by atoms with van der Waals surface area (Å²) in [4.78, 5) is 11.5. The standard InChI is InChI=1S/C10H21NO3/c1-6-13-7-8(11-5)9(12)14-10(2,3)4/h8,11H,6-7H2,1-5H3. The molecular weight excluding hydrogens is 182 g/mol. The minimum atomic E-state index is -0.446. The maximum absolute atomic E-state index is 11.5. The van der Waals surface area contributed by atoms with Crippen molar-refractivity contribution < 1.29 is 14.3 Å². The first-order chi connectivity index (χ1) is 6.40. The van der Waals surface area contributed by atoms with Gasteiger partial charge in [0.2, 0.25) is 0 Å². The minimum Gasteiger partial charge on any atom is -0.459 e. The van der Waals surface area contributed by atoms with Gasteiger partial charge < -0.3 is 14.8 Å². The third kappa shape index (κ3) is 5.94. The normalized spacial score (nSPS) is 13.8. The summed E-state index contributed by atoms with van der Waals surface area (Å²) in [7, 11) is 1.72. The molecule has 1 atom stereocenters. The van der Waals surface area contributed by atoms with Crippen LogP contribution >= 0.6 is 0 Å². The highest BCUT2D eigenvalue weighted by molar-refractivity contribution is 5.76. The van der Waals surface area contributed by atoms with Gasteiger partial charge >= 0.3 is 5.97 Å². The van der Waals surface area contributed by atoms with Crippen LogP contribution in [0.25, 0.3) is 0 Å². The molecule has 0 fully saturated rings. The van der Waals surface area contributed by atoms with Gasteiger partial charge in [0.25, 0.3) is 0 Å². The van der Waals surface area contributed by atoms with E-state index in [1.165, 1.54) is 0 Å². The largest absolute Gasteiger partial charge is 0.459 e. The SMILES string of the molecule is CCOCC(NC)C(=O)OC(C)(C)C. The Morgan fingerprint density at radius 3 is 2.36 bits per heavy atom. The molecule has 4 nitrogen and oxygen atoms in total. The Bertz CT molecular complexity index is 175. The van der Waals surface area contributed by atoms with Gasteiger partial charge in [-0.15, -0.1) is 0 Å². The lowest BCUT2D eigenvalue weighted by Gasteiger charge is -2.23. The van der Waals surface area contributed by atoms with Crippen LogP contribution < -0.4 is 5.32 Å². The summed E-state index contributed by atoms with van der Waals surface area (Å²) in [6, 6.07) is -0.380. The van der Waals surface area contributed by atoms with Gasteiger partial charge in [0, 0.05) is 6.61 Å². The van der Waals surface area contributed by atoms with Crippen molar-refractivity contribution in [1.82, 2.24) is 5.32 Å². The van der Waals surface area contributed by atoms with E-state index in [9.17, 15) is 4.79 Å². The number of hydrogen-bond donors (Lipinski definition) is 1. The van der Waals surface area contributed by atoms with Crippen molar-refractivity contribution in [2.45, 2.75) is 39.3 Å². The van der Waals surface area contributed by atoms with Crippen LogP contribution in [0.15, 0.2) is 0 Å². The smallest absolute Gasteiger partial charge is 0.326 e. The minimum absolute atomic E-state index is 0.270. The maximum Gasteiger partial charge on any atom is 0.326 e. The zero-order chi connectivity index (χ0) is 11.2. The Balaban J connectivity index is 4.04. The van der Waals surface area contributed by atoms with Gasteiger partial charge in [-0.25, -0.2) is 0 Å². The number of carbonyl (C=O) groups is 1.